The highest BCUT2D eigenvalue weighted by Gasteiger charge is 2.12. The van der Waals surface area contributed by atoms with Crippen LogP contribution in [0.3, 0.4) is 0 Å². The largest absolute Gasteiger partial charge is 0.348 e. The summed E-state index contributed by atoms with van der Waals surface area (Å²) in [7, 11) is 2.10. The number of rotatable bonds is 7. The predicted molar refractivity (Wildman–Crippen MR) is 113 cm³/mol. The highest BCUT2D eigenvalue weighted by Crippen LogP contribution is 2.19. The smallest absolute Gasteiger partial charge is 0.254 e. The number of carbonyl (C=O) groups excluding carboxylic acids is 1. The standard InChI is InChI=1S/C22H25ClN4O/c1-16(2)26(3)14-18-9-5-4-8-17(18)12-24-22(28)19-13-25-27(15-19)21-11-7-6-10-20(21)23/h4-11,13,15-16H,12,14H2,1-3H3,(H,24,28). The lowest BCUT2D eigenvalue weighted by atomic mass is 10.1. The molecule has 1 aromatic heterocycles. The minimum absolute atomic E-state index is 0.162. The molecule has 0 fully saturated rings. The van der Waals surface area contributed by atoms with Gasteiger partial charge in [0.05, 0.1) is 22.5 Å². The van der Waals surface area contributed by atoms with Crippen molar-refractivity contribution in [3.8, 4) is 5.69 Å². The first kappa shape index (κ1) is 20.1. The maximum absolute atomic E-state index is 12.6. The number of para-hydroxylation sites is 1. The number of aromatic nitrogens is 2. The fraction of sp³-hybridized carbons (Fsp3) is 0.273. The first-order valence-corrected chi connectivity index (χ1v) is 9.68. The SMILES string of the molecule is CC(C)N(C)Cc1ccccc1CNC(=O)c1cnn(-c2ccccc2Cl)c1. The zero-order valence-corrected chi connectivity index (χ0v) is 17.1. The van der Waals surface area contributed by atoms with Gasteiger partial charge >= 0.3 is 0 Å². The van der Waals surface area contributed by atoms with Crippen LogP contribution in [0.4, 0.5) is 0 Å². The van der Waals surface area contributed by atoms with Crippen LogP contribution >= 0.6 is 11.6 Å². The van der Waals surface area contributed by atoms with Gasteiger partial charge in [0.25, 0.3) is 5.91 Å². The molecule has 0 radical (unpaired) electrons. The Morgan fingerprint density at radius 1 is 1.14 bits per heavy atom. The van der Waals surface area contributed by atoms with Gasteiger partial charge in [-0.2, -0.15) is 5.10 Å². The summed E-state index contributed by atoms with van der Waals surface area (Å²) in [5.41, 5.74) is 3.56. The quantitative estimate of drug-likeness (QED) is 0.647. The van der Waals surface area contributed by atoms with Crippen molar-refractivity contribution in [2.24, 2.45) is 0 Å². The molecule has 146 valence electrons. The molecule has 6 heteroatoms. The number of nitrogens with zero attached hydrogens (tertiary/aromatic N) is 3. The Hall–Kier alpha value is -2.63. The summed E-state index contributed by atoms with van der Waals surface area (Å²) < 4.78 is 1.61. The Kier molecular flexibility index (Phi) is 6.49. The molecular formula is C22H25ClN4O. The van der Waals surface area contributed by atoms with E-state index in [2.05, 4.69) is 48.3 Å². The second kappa shape index (κ2) is 9.04. The number of benzene rings is 2. The summed E-state index contributed by atoms with van der Waals surface area (Å²) in [5, 5.41) is 7.84. The first-order valence-electron chi connectivity index (χ1n) is 9.30. The Balaban J connectivity index is 1.68. The Morgan fingerprint density at radius 2 is 1.82 bits per heavy atom. The Morgan fingerprint density at radius 3 is 2.54 bits per heavy atom. The molecule has 1 amide bonds. The van der Waals surface area contributed by atoms with Crippen LogP contribution < -0.4 is 5.32 Å². The van der Waals surface area contributed by atoms with Crippen molar-refractivity contribution < 1.29 is 4.79 Å². The highest BCUT2D eigenvalue weighted by atomic mass is 35.5. The molecular weight excluding hydrogens is 372 g/mol. The third-order valence-electron chi connectivity index (χ3n) is 4.80. The second-order valence-corrected chi connectivity index (χ2v) is 7.49. The number of carbonyl (C=O) groups is 1. The molecule has 28 heavy (non-hydrogen) atoms. The van der Waals surface area contributed by atoms with Crippen molar-refractivity contribution in [1.82, 2.24) is 20.0 Å². The number of amides is 1. The highest BCUT2D eigenvalue weighted by molar-refractivity contribution is 6.32. The average molecular weight is 397 g/mol. The van der Waals surface area contributed by atoms with Crippen LogP contribution in [0.25, 0.3) is 5.69 Å². The topological polar surface area (TPSA) is 50.2 Å². The van der Waals surface area contributed by atoms with E-state index in [1.807, 2.05) is 30.3 Å². The molecule has 0 bridgehead atoms. The van der Waals surface area contributed by atoms with E-state index in [0.29, 0.717) is 23.2 Å². The van der Waals surface area contributed by atoms with Gasteiger partial charge in [-0.15, -0.1) is 0 Å². The third kappa shape index (κ3) is 4.80. The van der Waals surface area contributed by atoms with E-state index in [9.17, 15) is 4.79 Å². The van der Waals surface area contributed by atoms with Crippen molar-refractivity contribution >= 4 is 17.5 Å². The maximum atomic E-state index is 12.6. The van der Waals surface area contributed by atoms with Crippen molar-refractivity contribution in [3.63, 3.8) is 0 Å². The minimum Gasteiger partial charge on any atom is -0.348 e. The van der Waals surface area contributed by atoms with Crippen LogP contribution in [0.2, 0.25) is 5.02 Å². The van der Waals surface area contributed by atoms with Crippen LogP contribution in [-0.4, -0.2) is 33.7 Å². The van der Waals surface area contributed by atoms with Crippen molar-refractivity contribution in [2.45, 2.75) is 33.0 Å². The van der Waals surface area contributed by atoms with Gasteiger partial charge in [0, 0.05) is 25.3 Å². The summed E-state index contributed by atoms with van der Waals surface area (Å²) in [4.78, 5) is 14.9. The molecule has 0 saturated heterocycles. The average Bonchev–Trinajstić information content (AvgIpc) is 3.17. The second-order valence-electron chi connectivity index (χ2n) is 7.09. The van der Waals surface area contributed by atoms with E-state index >= 15 is 0 Å². The van der Waals surface area contributed by atoms with Crippen molar-refractivity contribution in [2.75, 3.05) is 7.05 Å². The number of halogens is 1. The number of nitrogens with one attached hydrogen (secondary N) is 1. The first-order chi connectivity index (χ1) is 13.5. The normalized spacial score (nSPS) is 11.2. The molecule has 1 N–H and O–H groups in total. The molecule has 0 atom stereocenters. The Bertz CT molecular complexity index is 951. The molecule has 0 unspecified atom stereocenters. The molecule has 5 nitrogen and oxygen atoms in total. The van der Waals surface area contributed by atoms with Gasteiger partial charge < -0.3 is 5.32 Å². The minimum atomic E-state index is -0.162. The zero-order chi connectivity index (χ0) is 20.1. The van der Waals surface area contributed by atoms with Crippen LogP contribution in [-0.2, 0) is 13.1 Å². The molecule has 2 aromatic carbocycles. The van der Waals surface area contributed by atoms with Crippen LogP contribution in [0.15, 0.2) is 60.9 Å². The lowest BCUT2D eigenvalue weighted by Crippen LogP contribution is -2.27. The van der Waals surface area contributed by atoms with Gasteiger partial charge in [0.15, 0.2) is 0 Å². The van der Waals surface area contributed by atoms with E-state index in [1.165, 1.54) is 5.56 Å². The fourth-order valence-corrected chi connectivity index (χ4v) is 3.04. The van der Waals surface area contributed by atoms with E-state index in [4.69, 9.17) is 11.6 Å². The third-order valence-corrected chi connectivity index (χ3v) is 5.12. The lowest BCUT2D eigenvalue weighted by Gasteiger charge is -2.22. The molecule has 0 saturated carbocycles. The Labute approximate surface area is 170 Å². The molecule has 0 aliphatic heterocycles. The summed E-state index contributed by atoms with van der Waals surface area (Å²) in [6.45, 7) is 5.65. The van der Waals surface area contributed by atoms with Crippen LogP contribution in [0, 0.1) is 0 Å². The van der Waals surface area contributed by atoms with Crippen LogP contribution in [0.5, 0.6) is 0 Å². The van der Waals surface area contributed by atoms with E-state index in [-0.39, 0.29) is 5.91 Å². The van der Waals surface area contributed by atoms with E-state index < -0.39 is 0 Å². The van der Waals surface area contributed by atoms with Gasteiger partial charge in [0.1, 0.15) is 0 Å². The zero-order valence-electron chi connectivity index (χ0n) is 16.4. The van der Waals surface area contributed by atoms with Gasteiger partial charge in [-0.25, -0.2) is 4.68 Å². The van der Waals surface area contributed by atoms with Crippen LogP contribution in [0.1, 0.15) is 35.3 Å². The molecule has 0 aliphatic rings. The van der Waals surface area contributed by atoms with Crippen molar-refractivity contribution in [3.05, 3.63) is 82.6 Å². The maximum Gasteiger partial charge on any atom is 0.254 e. The molecule has 0 spiro atoms. The summed E-state index contributed by atoms with van der Waals surface area (Å²) in [6, 6.07) is 16.0. The van der Waals surface area contributed by atoms with Gasteiger partial charge in [-0.1, -0.05) is 48.0 Å². The molecule has 0 aliphatic carbocycles. The number of hydrogen-bond acceptors (Lipinski definition) is 3. The lowest BCUT2D eigenvalue weighted by molar-refractivity contribution is 0.0950. The van der Waals surface area contributed by atoms with E-state index in [1.54, 1.807) is 23.1 Å². The fourth-order valence-electron chi connectivity index (χ4n) is 2.82. The summed E-state index contributed by atoms with van der Waals surface area (Å²) >= 11 is 6.20. The molecule has 3 aromatic rings. The summed E-state index contributed by atoms with van der Waals surface area (Å²) in [5.74, 6) is -0.162. The summed E-state index contributed by atoms with van der Waals surface area (Å²) in [6.07, 6.45) is 3.24. The molecule has 1 heterocycles. The van der Waals surface area contributed by atoms with Gasteiger partial charge in [0.2, 0.25) is 0 Å². The van der Waals surface area contributed by atoms with E-state index in [0.717, 1.165) is 17.8 Å². The predicted octanol–water partition coefficient (Wildman–Crippen LogP) is 4.30. The van der Waals surface area contributed by atoms with Gasteiger partial charge in [-0.05, 0) is 44.2 Å². The molecule has 3 rings (SSSR count). The van der Waals surface area contributed by atoms with Gasteiger partial charge in [-0.3, -0.25) is 9.69 Å². The number of hydrogen-bond donors (Lipinski definition) is 1. The monoisotopic (exact) mass is 396 g/mol. The van der Waals surface area contributed by atoms with Crippen molar-refractivity contribution in [1.29, 1.82) is 0 Å².